The Kier molecular flexibility index (Phi) is 4.13. The van der Waals surface area contributed by atoms with Crippen LogP contribution in [0.25, 0.3) is 0 Å². The van der Waals surface area contributed by atoms with Crippen LogP contribution in [0.3, 0.4) is 0 Å². The smallest absolute Gasteiger partial charge is 0.481 e. The molecule has 1 N–H and O–H groups in total. The molecule has 0 bridgehead atoms. The third kappa shape index (κ3) is 3.87. The fraction of sp³-hybridized carbons (Fsp3) is 0.500. The van der Waals surface area contributed by atoms with E-state index < -0.39 is 17.7 Å². The Balaban J connectivity index is 2.09. The summed E-state index contributed by atoms with van der Waals surface area (Å²) in [7, 11) is 0. The summed E-state index contributed by atoms with van der Waals surface area (Å²) in [6.45, 7) is 2.72. The highest BCUT2D eigenvalue weighted by Crippen LogP contribution is 2.33. The first-order valence-corrected chi connectivity index (χ1v) is 6.49. The molecule has 1 aromatic carbocycles. The van der Waals surface area contributed by atoms with Crippen molar-refractivity contribution in [2.75, 3.05) is 13.1 Å². The maximum absolute atomic E-state index is 12.4. The number of carbonyl (C=O) groups is 1. The molecule has 0 radical (unpaired) electrons. The molecule has 1 saturated heterocycles. The van der Waals surface area contributed by atoms with E-state index in [1.54, 1.807) is 19.1 Å². The van der Waals surface area contributed by atoms with E-state index >= 15 is 0 Å². The number of hydrogen-bond acceptors (Lipinski definition) is 3. The number of likely N-dealkylation sites (tertiary alicyclic amines) is 1. The summed E-state index contributed by atoms with van der Waals surface area (Å²) >= 11 is 0. The van der Waals surface area contributed by atoms with Crippen molar-refractivity contribution in [3.8, 4) is 5.75 Å². The van der Waals surface area contributed by atoms with E-state index in [1.807, 2.05) is 4.90 Å². The van der Waals surface area contributed by atoms with Gasteiger partial charge in [0.25, 0.3) is 0 Å². The summed E-state index contributed by atoms with van der Waals surface area (Å²) in [5.41, 5.74) is -0.454. The first-order chi connectivity index (χ1) is 9.70. The highest BCUT2D eigenvalue weighted by atomic mass is 19.4. The number of carboxylic acids is 1. The Morgan fingerprint density at radius 3 is 2.67 bits per heavy atom. The van der Waals surface area contributed by atoms with Crippen LogP contribution in [0.1, 0.15) is 18.9 Å². The predicted octanol–water partition coefficient (Wildman–Crippen LogP) is 2.88. The van der Waals surface area contributed by atoms with Gasteiger partial charge in [-0.25, -0.2) is 0 Å². The summed E-state index contributed by atoms with van der Waals surface area (Å²) in [6, 6.07) is 5.91. The average molecular weight is 303 g/mol. The number of aliphatic carboxylic acids is 1. The molecule has 1 fully saturated rings. The third-order valence-electron chi connectivity index (χ3n) is 3.66. The molecule has 7 heteroatoms. The molecule has 0 saturated carbocycles. The lowest BCUT2D eigenvalue weighted by atomic mass is 9.90. The molecule has 21 heavy (non-hydrogen) atoms. The lowest BCUT2D eigenvalue weighted by Crippen LogP contribution is -2.31. The van der Waals surface area contributed by atoms with Gasteiger partial charge in [-0.15, -0.1) is 13.2 Å². The molecule has 2 rings (SSSR count). The van der Waals surface area contributed by atoms with Gasteiger partial charge in [0.1, 0.15) is 5.75 Å². The quantitative estimate of drug-likeness (QED) is 0.929. The minimum Gasteiger partial charge on any atom is -0.481 e. The van der Waals surface area contributed by atoms with Gasteiger partial charge in [-0.3, -0.25) is 9.69 Å². The van der Waals surface area contributed by atoms with E-state index in [-0.39, 0.29) is 12.3 Å². The summed E-state index contributed by atoms with van der Waals surface area (Å²) < 4.78 is 41.1. The lowest BCUT2D eigenvalue weighted by molar-refractivity contribution is -0.275. The molecule has 0 aromatic heterocycles. The fourth-order valence-corrected chi connectivity index (χ4v) is 2.47. The Hall–Kier alpha value is -1.76. The van der Waals surface area contributed by atoms with E-state index in [1.165, 1.54) is 12.1 Å². The number of nitrogens with zero attached hydrogens (tertiary/aromatic N) is 1. The van der Waals surface area contributed by atoms with Crippen LogP contribution < -0.4 is 4.74 Å². The maximum Gasteiger partial charge on any atom is 0.573 e. The van der Waals surface area contributed by atoms with Crippen molar-refractivity contribution in [1.82, 2.24) is 4.90 Å². The van der Waals surface area contributed by atoms with Gasteiger partial charge in [0.15, 0.2) is 0 Å². The van der Waals surface area contributed by atoms with Gasteiger partial charge >= 0.3 is 12.3 Å². The third-order valence-corrected chi connectivity index (χ3v) is 3.66. The predicted molar refractivity (Wildman–Crippen MR) is 68.8 cm³/mol. The topological polar surface area (TPSA) is 49.8 Å². The number of benzene rings is 1. The molecule has 1 aliphatic heterocycles. The van der Waals surface area contributed by atoms with Crippen LogP contribution in [0, 0.1) is 5.41 Å². The zero-order valence-electron chi connectivity index (χ0n) is 11.5. The Morgan fingerprint density at radius 1 is 1.43 bits per heavy atom. The second-order valence-electron chi connectivity index (χ2n) is 5.48. The van der Waals surface area contributed by atoms with Crippen molar-refractivity contribution < 1.29 is 27.8 Å². The largest absolute Gasteiger partial charge is 0.573 e. The van der Waals surface area contributed by atoms with Crippen LogP contribution in [0.2, 0.25) is 0 Å². The number of halogens is 3. The molecule has 4 nitrogen and oxygen atoms in total. The Bertz CT molecular complexity index is 532. The summed E-state index contributed by atoms with van der Waals surface area (Å²) in [6.07, 6.45) is -4.26. The molecule has 1 unspecified atom stereocenters. The van der Waals surface area contributed by atoms with E-state index in [0.717, 1.165) is 0 Å². The molecule has 1 aliphatic rings. The van der Waals surface area contributed by atoms with Crippen LogP contribution >= 0.6 is 0 Å². The zero-order chi connectivity index (χ0) is 15.7. The van der Waals surface area contributed by atoms with Crippen molar-refractivity contribution in [3.63, 3.8) is 0 Å². The highest BCUT2D eigenvalue weighted by Gasteiger charge is 2.40. The van der Waals surface area contributed by atoms with Gasteiger partial charge in [0.05, 0.1) is 5.41 Å². The molecule has 1 heterocycles. The zero-order valence-corrected chi connectivity index (χ0v) is 11.5. The van der Waals surface area contributed by atoms with E-state index in [9.17, 15) is 18.0 Å². The number of rotatable bonds is 4. The Labute approximate surface area is 120 Å². The maximum atomic E-state index is 12.4. The van der Waals surface area contributed by atoms with Crippen LogP contribution in [-0.2, 0) is 11.3 Å². The van der Waals surface area contributed by atoms with Crippen molar-refractivity contribution in [3.05, 3.63) is 29.8 Å². The summed E-state index contributed by atoms with van der Waals surface area (Å²) in [4.78, 5) is 13.0. The standard InChI is InChI=1S/C14H16F3NO3/c1-13(12(19)20)6-7-18(9-13)8-10-4-2-3-5-11(10)21-14(15,16)17/h2-5H,6-9H2,1H3,(H,19,20). The van der Waals surface area contributed by atoms with E-state index in [2.05, 4.69) is 4.74 Å². The van der Waals surface area contributed by atoms with Crippen LogP contribution in [0.15, 0.2) is 24.3 Å². The second kappa shape index (κ2) is 5.55. The van der Waals surface area contributed by atoms with Crippen molar-refractivity contribution in [1.29, 1.82) is 0 Å². The van der Waals surface area contributed by atoms with E-state index in [4.69, 9.17) is 5.11 Å². The van der Waals surface area contributed by atoms with Crippen LogP contribution in [-0.4, -0.2) is 35.4 Å². The molecular weight excluding hydrogens is 287 g/mol. The monoisotopic (exact) mass is 303 g/mol. The molecule has 1 aromatic rings. The molecule has 0 amide bonds. The van der Waals surface area contributed by atoms with Gasteiger partial charge in [-0.1, -0.05) is 18.2 Å². The lowest BCUT2D eigenvalue weighted by Gasteiger charge is -2.21. The fourth-order valence-electron chi connectivity index (χ4n) is 2.47. The number of para-hydroxylation sites is 1. The van der Waals surface area contributed by atoms with Gasteiger partial charge in [0.2, 0.25) is 0 Å². The molecule has 0 spiro atoms. The molecular formula is C14H16F3NO3. The number of alkyl halides is 3. The molecule has 116 valence electrons. The normalized spacial score (nSPS) is 23.2. The minimum absolute atomic E-state index is 0.231. The first-order valence-electron chi connectivity index (χ1n) is 6.49. The molecule has 0 aliphatic carbocycles. The number of ether oxygens (including phenoxy) is 1. The van der Waals surface area contributed by atoms with Crippen LogP contribution in [0.4, 0.5) is 13.2 Å². The van der Waals surface area contributed by atoms with Crippen molar-refractivity contribution >= 4 is 5.97 Å². The first kappa shape index (κ1) is 15.6. The van der Waals surface area contributed by atoms with Gasteiger partial charge in [0, 0.05) is 18.7 Å². The number of carboxylic acid groups (broad SMARTS) is 1. The summed E-state index contributed by atoms with van der Waals surface area (Å²) in [5, 5.41) is 9.16. The average Bonchev–Trinajstić information content (AvgIpc) is 2.73. The minimum atomic E-state index is -4.74. The van der Waals surface area contributed by atoms with Gasteiger partial charge in [-0.05, 0) is 26.0 Å². The second-order valence-corrected chi connectivity index (χ2v) is 5.48. The van der Waals surface area contributed by atoms with Crippen molar-refractivity contribution in [2.45, 2.75) is 26.3 Å². The van der Waals surface area contributed by atoms with Crippen LogP contribution in [0.5, 0.6) is 5.75 Å². The van der Waals surface area contributed by atoms with Crippen molar-refractivity contribution in [2.24, 2.45) is 5.41 Å². The SMILES string of the molecule is CC1(C(=O)O)CCN(Cc2ccccc2OC(F)(F)F)C1. The summed E-state index contributed by atoms with van der Waals surface area (Å²) in [5.74, 6) is -1.13. The molecule has 1 atom stereocenters. The Morgan fingerprint density at radius 2 is 2.10 bits per heavy atom. The number of hydrogen-bond donors (Lipinski definition) is 1. The highest BCUT2D eigenvalue weighted by molar-refractivity contribution is 5.74. The van der Waals surface area contributed by atoms with Gasteiger partial charge in [-0.2, -0.15) is 0 Å². The van der Waals surface area contributed by atoms with Gasteiger partial charge < -0.3 is 9.84 Å². The van der Waals surface area contributed by atoms with E-state index in [0.29, 0.717) is 25.1 Å².